The molecular formula is C12H16FN. The second-order valence-electron chi connectivity index (χ2n) is 4.89. The van der Waals surface area contributed by atoms with Crippen molar-refractivity contribution in [1.82, 2.24) is 0 Å². The van der Waals surface area contributed by atoms with Crippen LogP contribution in [0.2, 0.25) is 0 Å². The van der Waals surface area contributed by atoms with Crippen LogP contribution in [0.3, 0.4) is 0 Å². The van der Waals surface area contributed by atoms with E-state index in [1.807, 2.05) is 6.07 Å². The number of benzene rings is 1. The summed E-state index contributed by atoms with van der Waals surface area (Å²) in [7, 11) is 0. The van der Waals surface area contributed by atoms with Crippen molar-refractivity contribution in [3.8, 4) is 0 Å². The minimum Gasteiger partial charge on any atom is -0.380 e. The largest absolute Gasteiger partial charge is 0.380 e. The van der Waals surface area contributed by atoms with Gasteiger partial charge in [-0.1, -0.05) is 26.0 Å². The van der Waals surface area contributed by atoms with Gasteiger partial charge in [-0.2, -0.15) is 0 Å². The highest BCUT2D eigenvalue weighted by Gasteiger charge is 2.35. The molecule has 14 heavy (non-hydrogen) atoms. The van der Waals surface area contributed by atoms with Crippen molar-refractivity contribution in [1.29, 1.82) is 0 Å². The summed E-state index contributed by atoms with van der Waals surface area (Å²) < 4.78 is 13.2. The molecule has 1 aliphatic carbocycles. The zero-order chi connectivity index (χ0) is 10.2. The third-order valence-corrected chi connectivity index (χ3v) is 2.83. The minimum absolute atomic E-state index is 0.155. The van der Waals surface area contributed by atoms with Crippen LogP contribution in [-0.2, 0) is 0 Å². The van der Waals surface area contributed by atoms with E-state index in [4.69, 9.17) is 0 Å². The molecule has 1 N–H and O–H groups in total. The molecular weight excluding hydrogens is 177 g/mol. The Hall–Kier alpha value is -1.05. The summed E-state index contributed by atoms with van der Waals surface area (Å²) in [6.07, 6.45) is 2.25. The lowest BCUT2D eigenvalue weighted by atomic mass is 9.68. The average Bonchev–Trinajstić information content (AvgIpc) is 2.05. The number of nitrogens with one attached hydrogen (secondary N) is 1. The van der Waals surface area contributed by atoms with Crippen molar-refractivity contribution in [2.24, 2.45) is 5.41 Å². The fourth-order valence-electron chi connectivity index (χ4n) is 2.17. The Morgan fingerprint density at radius 1 is 1.29 bits per heavy atom. The van der Waals surface area contributed by atoms with Gasteiger partial charge in [-0.25, -0.2) is 4.39 Å². The van der Waals surface area contributed by atoms with E-state index in [1.165, 1.54) is 6.07 Å². The standard InChI is InChI=1S/C12H16FN/c1-12(2)7-9(8-12)14-11-6-4-3-5-10(11)13/h3-6,9,14H,7-8H2,1-2H3. The Balaban J connectivity index is 1.97. The highest BCUT2D eigenvalue weighted by molar-refractivity contribution is 5.45. The molecule has 0 unspecified atom stereocenters. The van der Waals surface area contributed by atoms with E-state index in [-0.39, 0.29) is 5.82 Å². The molecule has 0 spiro atoms. The molecule has 0 radical (unpaired) electrons. The molecule has 1 aromatic carbocycles. The molecule has 0 amide bonds. The molecule has 0 saturated heterocycles. The molecule has 0 atom stereocenters. The Kier molecular flexibility index (Phi) is 2.22. The first-order chi connectivity index (χ1) is 6.57. The zero-order valence-electron chi connectivity index (χ0n) is 8.68. The van der Waals surface area contributed by atoms with Crippen LogP contribution in [-0.4, -0.2) is 6.04 Å². The maximum absolute atomic E-state index is 13.2. The number of hydrogen-bond donors (Lipinski definition) is 1. The molecule has 76 valence electrons. The SMILES string of the molecule is CC1(C)CC(Nc2ccccc2F)C1. The second kappa shape index (κ2) is 3.26. The maximum atomic E-state index is 13.2. The van der Waals surface area contributed by atoms with Gasteiger partial charge in [0.25, 0.3) is 0 Å². The summed E-state index contributed by atoms with van der Waals surface area (Å²) >= 11 is 0. The van der Waals surface area contributed by atoms with Crippen molar-refractivity contribution in [3.63, 3.8) is 0 Å². The summed E-state index contributed by atoms with van der Waals surface area (Å²) in [5, 5.41) is 3.23. The van der Waals surface area contributed by atoms with Crippen LogP contribution in [0.4, 0.5) is 10.1 Å². The fourth-order valence-corrected chi connectivity index (χ4v) is 2.17. The molecule has 1 nitrogen and oxygen atoms in total. The normalized spacial score (nSPS) is 20.2. The lowest BCUT2D eigenvalue weighted by Crippen LogP contribution is -2.41. The van der Waals surface area contributed by atoms with E-state index >= 15 is 0 Å². The van der Waals surface area contributed by atoms with E-state index in [1.54, 1.807) is 12.1 Å². The zero-order valence-corrected chi connectivity index (χ0v) is 8.68. The smallest absolute Gasteiger partial charge is 0.146 e. The number of para-hydroxylation sites is 1. The van der Waals surface area contributed by atoms with Crippen LogP contribution in [0.1, 0.15) is 26.7 Å². The minimum atomic E-state index is -0.155. The van der Waals surface area contributed by atoms with E-state index in [2.05, 4.69) is 19.2 Å². The molecule has 2 heteroatoms. The number of rotatable bonds is 2. The summed E-state index contributed by atoms with van der Waals surface area (Å²) in [4.78, 5) is 0. The van der Waals surface area contributed by atoms with Crippen molar-refractivity contribution in [3.05, 3.63) is 30.1 Å². The molecule has 0 aliphatic heterocycles. The second-order valence-corrected chi connectivity index (χ2v) is 4.89. The van der Waals surface area contributed by atoms with Gasteiger partial charge in [0.2, 0.25) is 0 Å². The number of hydrogen-bond acceptors (Lipinski definition) is 1. The molecule has 1 saturated carbocycles. The van der Waals surface area contributed by atoms with Gasteiger partial charge in [0.1, 0.15) is 5.82 Å². The average molecular weight is 193 g/mol. The van der Waals surface area contributed by atoms with Crippen molar-refractivity contribution in [2.75, 3.05) is 5.32 Å². The Morgan fingerprint density at radius 2 is 1.93 bits per heavy atom. The highest BCUT2D eigenvalue weighted by atomic mass is 19.1. The quantitative estimate of drug-likeness (QED) is 0.758. The third kappa shape index (κ3) is 1.89. The molecule has 1 aromatic rings. The number of anilines is 1. The van der Waals surface area contributed by atoms with Gasteiger partial charge in [0, 0.05) is 6.04 Å². The summed E-state index contributed by atoms with van der Waals surface area (Å²) in [5.74, 6) is -0.155. The molecule has 2 rings (SSSR count). The van der Waals surface area contributed by atoms with Crippen LogP contribution in [0.25, 0.3) is 0 Å². The maximum Gasteiger partial charge on any atom is 0.146 e. The van der Waals surface area contributed by atoms with E-state index in [0.717, 1.165) is 12.8 Å². The van der Waals surface area contributed by atoms with Crippen molar-refractivity contribution < 1.29 is 4.39 Å². The summed E-state index contributed by atoms with van der Waals surface area (Å²) in [6.45, 7) is 4.49. The third-order valence-electron chi connectivity index (χ3n) is 2.83. The van der Waals surface area contributed by atoms with E-state index in [0.29, 0.717) is 17.1 Å². The van der Waals surface area contributed by atoms with Crippen molar-refractivity contribution >= 4 is 5.69 Å². The summed E-state index contributed by atoms with van der Waals surface area (Å²) in [5.41, 5.74) is 1.07. The molecule has 1 fully saturated rings. The Bertz CT molecular complexity index is 325. The van der Waals surface area contributed by atoms with Crippen LogP contribution < -0.4 is 5.32 Å². The van der Waals surface area contributed by atoms with Crippen LogP contribution >= 0.6 is 0 Å². The first-order valence-corrected chi connectivity index (χ1v) is 5.08. The fraction of sp³-hybridized carbons (Fsp3) is 0.500. The van der Waals surface area contributed by atoms with Crippen molar-refractivity contribution in [2.45, 2.75) is 32.7 Å². The van der Waals surface area contributed by atoms with Gasteiger partial charge in [0.05, 0.1) is 5.69 Å². The number of halogens is 1. The van der Waals surface area contributed by atoms with Gasteiger partial charge < -0.3 is 5.32 Å². The Morgan fingerprint density at radius 3 is 2.50 bits per heavy atom. The highest BCUT2D eigenvalue weighted by Crippen LogP contribution is 2.41. The van der Waals surface area contributed by atoms with Gasteiger partial charge in [-0.15, -0.1) is 0 Å². The lowest BCUT2D eigenvalue weighted by Gasteiger charge is -2.43. The van der Waals surface area contributed by atoms with Crippen LogP contribution in [0.5, 0.6) is 0 Å². The molecule has 0 aromatic heterocycles. The van der Waals surface area contributed by atoms with E-state index in [9.17, 15) is 4.39 Å². The molecule has 1 aliphatic rings. The predicted molar refractivity (Wildman–Crippen MR) is 56.8 cm³/mol. The predicted octanol–water partition coefficient (Wildman–Crippen LogP) is 3.43. The van der Waals surface area contributed by atoms with Crippen LogP contribution in [0.15, 0.2) is 24.3 Å². The summed E-state index contributed by atoms with van der Waals surface area (Å²) in [6, 6.07) is 7.30. The van der Waals surface area contributed by atoms with Crippen LogP contribution in [0, 0.1) is 11.2 Å². The Labute approximate surface area is 84.3 Å². The van der Waals surface area contributed by atoms with Gasteiger partial charge in [-0.05, 0) is 30.4 Å². The topological polar surface area (TPSA) is 12.0 Å². The van der Waals surface area contributed by atoms with Gasteiger partial charge in [-0.3, -0.25) is 0 Å². The lowest BCUT2D eigenvalue weighted by molar-refractivity contribution is 0.167. The first-order valence-electron chi connectivity index (χ1n) is 5.08. The van der Waals surface area contributed by atoms with Gasteiger partial charge >= 0.3 is 0 Å². The monoisotopic (exact) mass is 193 g/mol. The first kappa shape index (κ1) is 9.50. The van der Waals surface area contributed by atoms with Gasteiger partial charge in [0.15, 0.2) is 0 Å². The molecule has 0 heterocycles. The van der Waals surface area contributed by atoms with E-state index < -0.39 is 0 Å². The molecule has 0 bridgehead atoms.